The Kier molecular flexibility index (Phi) is 8.15. The van der Waals surface area contributed by atoms with Gasteiger partial charge in [-0.25, -0.2) is 0 Å². The van der Waals surface area contributed by atoms with Gasteiger partial charge in [-0.05, 0) is 25.7 Å². The fourth-order valence-corrected chi connectivity index (χ4v) is 3.72. The van der Waals surface area contributed by atoms with Crippen molar-refractivity contribution >= 4 is 17.8 Å². The molecule has 8 nitrogen and oxygen atoms in total. The summed E-state index contributed by atoms with van der Waals surface area (Å²) in [6.45, 7) is 11.4. The highest BCUT2D eigenvalue weighted by atomic mass is 16.2. The number of aliphatic imine (C=N–C) groups is 1. The second-order valence-corrected chi connectivity index (χ2v) is 7.21. The molecule has 148 valence electrons. The number of likely N-dealkylation sites (tertiary alicyclic amines) is 1. The Bertz CT molecular complexity index is 502. The molecular formula is C18H34N6O2. The molecule has 8 heteroatoms. The summed E-state index contributed by atoms with van der Waals surface area (Å²) in [5.41, 5.74) is 5.36. The number of carbonyl (C=O) groups excluding carboxylic acids is 2. The highest BCUT2D eigenvalue weighted by Crippen LogP contribution is 2.19. The summed E-state index contributed by atoms with van der Waals surface area (Å²) in [6.07, 6.45) is 2.57. The zero-order valence-electron chi connectivity index (χ0n) is 16.2. The number of hydrogen-bond donors (Lipinski definition) is 2. The van der Waals surface area contributed by atoms with E-state index in [-0.39, 0.29) is 11.8 Å². The SMILES string of the molecule is CCNC(=NCCN1CCN(C(C)=O)CC1)N1CCCC(CC(N)=O)C1. The molecule has 0 bridgehead atoms. The fourth-order valence-electron chi connectivity index (χ4n) is 3.72. The molecule has 0 aromatic rings. The Balaban J connectivity index is 1.82. The third kappa shape index (κ3) is 6.48. The summed E-state index contributed by atoms with van der Waals surface area (Å²) in [7, 11) is 0. The zero-order valence-corrected chi connectivity index (χ0v) is 16.2. The molecule has 2 aliphatic rings. The summed E-state index contributed by atoms with van der Waals surface area (Å²) in [4.78, 5) is 33.9. The molecule has 1 atom stereocenters. The number of nitrogens with two attached hydrogens (primary N) is 1. The van der Waals surface area contributed by atoms with Crippen molar-refractivity contribution in [3.8, 4) is 0 Å². The number of carbonyl (C=O) groups is 2. The van der Waals surface area contributed by atoms with Gasteiger partial charge in [-0.3, -0.25) is 19.5 Å². The molecule has 2 heterocycles. The number of amides is 2. The second kappa shape index (κ2) is 10.4. The van der Waals surface area contributed by atoms with Gasteiger partial charge in [0.05, 0.1) is 6.54 Å². The van der Waals surface area contributed by atoms with Gasteiger partial charge in [0, 0.05) is 65.7 Å². The van der Waals surface area contributed by atoms with Gasteiger partial charge in [0.1, 0.15) is 0 Å². The molecule has 3 N–H and O–H groups in total. The predicted molar refractivity (Wildman–Crippen MR) is 103 cm³/mol. The summed E-state index contributed by atoms with van der Waals surface area (Å²) < 4.78 is 0. The van der Waals surface area contributed by atoms with Crippen LogP contribution in [0.25, 0.3) is 0 Å². The first kappa shape index (κ1) is 20.5. The number of guanidine groups is 1. The van der Waals surface area contributed by atoms with E-state index in [1.807, 2.05) is 4.90 Å². The van der Waals surface area contributed by atoms with Gasteiger partial charge in [-0.1, -0.05) is 0 Å². The zero-order chi connectivity index (χ0) is 18.9. The summed E-state index contributed by atoms with van der Waals surface area (Å²) >= 11 is 0. The average Bonchev–Trinajstić information content (AvgIpc) is 2.61. The molecule has 2 fully saturated rings. The molecule has 0 saturated carbocycles. The van der Waals surface area contributed by atoms with Crippen LogP contribution in [0.15, 0.2) is 4.99 Å². The standard InChI is InChI=1S/C18H34N6O2/c1-3-20-18(24-7-4-5-16(14-24)13-17(19)26)21-6-8-22-9-11-23(12-10-22)15(2)25/h16H,3-14H2,1-2H3,(H2,19,26)(H,20,21). The molecule has 0 aromatic heterocycles. The highest BCUT2D eigenvalue weighted by molar-refractivity contribution is 5.80. The lowest BCUT2D eigenvalue weighted by Crippen LogP contribution is -2.49. The normalized spacial score (nSPS) is 22.4. The molecule has 26 heavy (non-hydrogen) atoms. The van der Waals surface area contributed by atoms with Crippen molar-refractivity contribution in [1.29, 1.82) is 0 Å². The number of nitrogens with zero attached hydrogens (tertiary/aromatic N) is 4. The summed E-state index contributed by atoms with van der Waals surface area (Å²) in [5.74, 6) is 1.20. The van der Waals surface area contributed by atoms with Crippen LogP contribution in [0.1, 0.15) is 33.1 Å². The lowest BCUT2D eigenvalue weighted by Gasteiger charge is -2.35. The average molecular weight is 367 g/mol. The van der Waals surface area contributed by atoms with E-state index in [2.05, 4.69) is 22.0 Å². The quantitative estimate of drug-likeness (QED) is 0.497. The largest absolute Gasteiger partial charge is 0.370 e. The Hall–Kier alpha value is -1.83. The van der Waals surface area contributed by atoms with Crippen molar-refractivity contribution in [3.63, 3.8) is 0 Å². The van der Waals surface area contributed by atoms with Crippen LogP contribution >= 0.6 is 0 Å². The fraction of sp³-hybridized carbons (Fsp3) is 0.833. The highest BCUT2D eigenvalue weighted by Gasteiger charge is 2.23. The van der Waals surface area contributed by atoms with Crippen LogP contribution in [0.3, 0.4) is 0 Å². The Morgan fingerprint density at radius 1 is 1.15 bits per heavy atom. The van der Waals surface area contributed by atoms with Gasteiger partial charge >= 0.3 is 0 Å². The van der Waals surface area contributed by atoms with Gasteiger partial charge < -0.3 is 20.9 Å². The van der Waals surface area contributed by atoms with E-state index < -0.39 is 0 Å². The van der Waals surface area contributed by atoms with Crippen molar-refractivity contribution in [2.45, 2.75) is 33.1 Å². The van der Waals surface area contributed by atoms with E-state index in [0.29, 0.717) is 12.3 Å². The minimum absolute atomic E-state index is 0.160. The second-order valence-electron chi connectivity index (χ2n) is 7.21. The third-order valence-corrected chi connectivity index (χ3v) is 5.14. The van der Waals surface area contributed by atoms with Crippen molar-refractivity contribution < 1.29 is 9.59 Å². The Morgan fingerprint density at radius 3 is 2.50 bits per heavy atom. The van der Waals surface area contributed by atoms with E-state index in [0.717, 1.165) is 77.7 Å². The van der Waals surface area contributed by atoms with Crippen molar-refractivity contribution in [2.75, 3.05) is 58.9 Å². The first-order valence-corrected chi connectivity index (χ1v) is 9.79. The monoisotopic (exact) mass is 366 g/mol. The summed E-state index contributed by atoms with van der Waals surface area (Å²) in [5, 5.41) is 3.37. The minimum atomic E-state index is -0.219. The van der Waals surface area contributed by atoms with Crippen LogP contribution in [0.2, 0.25) is 0 Å². The maximum Gasteiger partial charge on any atom is 0.219 e. The van der Waals surface area contributed by atoms with E-state index >= 15 is 0 Å². The number of piperidine rings is 1. The molecule has 0 spiro atoms. The first-order chi connectivity index (χ1) is 12.5. The summed E-state index contributed by atoms with van der Waals surface area (Å²) in [6, 6.07) is 0. The van der Waals surface area contributed by atoms with Crippen LogP contribution in [0.4, 0.5) is 0 Å². The van der Waals surface area contributed by atoms with E-state index in [9.17, 15) is 9.59 Å². The molecule has 2 saturated heterocycles. The topological polar surface area (TPSA) is 94.3 Å². The van der Waals surface area contributed by atoms with Crippen molar-refractivity contribution in [1.82, 2.24) is 20.0 Å². The molecule has 1 unspecified atom stereocenters. The molecule has 2 aliphatic heterocycles. The molecule has 0 aliphatic carbocycles. The predicted octanol–water partition coefficient (Wildman–Crippen LogP) is -0.297. The maximum atomic E-state index is 11.4. The van der Waals surface area contributed by atoms with Gasteiger partial charge in [0.25, 0.3) is 0 Å². The molecule has 2 amide bonds. The third-order valence-electron chi connectivity index (χ3n) is 5.14. The van der Waals surface area contributed by atoms with Gasteiger partial charge in [0.15, 0.2) is 5.96 Å². The lowest BCUT2D eigenvalue weighted by atomic mass is 9.95. The van der Waals surface area contributed by atoms with Crippen LogP contribution in [-0.4, -0.2) is 91.4 Å². The Morgan fingerprint density at radius 2 is 1.88 bits per heavy atom. The number of nitrogens with one attached hydrogen (secondary N) is 1. The van der Waals surface area contributed by atoms with Gasteiger partial charge in [-0.2, -0.15) is 0 Å². The van der Waals surface area contributed by atoms with E-state index in [1.54, 1.807) is 6.92 Å². The van der Waals surface area contributed by atoms with Gasteiger partial charge in [-0.15, -0.1) is 0 Å². The smallest absolute Gasteiger partial charge is 0.219 e. The molecule has 0 radical (unpaired) electrons. The molecule has 2 rings (SSSR count). The number of hydrogen-bond acceptors (Lipinski definition) is 4. The van der Waals surface area contributed by atoms with Crippen molar-refractivity contribution in [2.24, 2.45) is 16.6 Å². The van der Waals surface area contributed by atoms with Crippen LogP contribution in [0.5, 0.6) is 0 Å². The minimum Gasteiger partial charge on any atom is -0.370 e. The lowest BCUT2D eigenvalue weighted by molar-refractivity contribution is -0.130. The van der Waals surface area contributed by atoms with Crippen molar-refractivity contribution in [3.05, 3.63) is 0 Å². The van der Waals surface area contributed by atoms with Crippen LogP contribution < -0.4 is 11.1 Å². The number of rotatable bonds is 6. The molecular weight excluding hydrogens is 332 g/mol. The molecule has 0 aromatic carbocycles. The Labute approximate surface area is 156 Å². The first-order valence-electron chi connectivity index (χ1n) is 9.79. The number of piperazine rings is 1. The van der Waals surface area contributed by atoms with E-state index in [1.165, 1.54) is 0 Å². The van der Waals surface area contributed by atoms with Crippen LogP contribution in [-0.2, 0) is 9.59 Å². The number of primary amides is 1. The van der Waals surface area contributed by atoms with Gasteiger partial charge in [0.2, 0.25) is 11.8 Å². The van der Waals surface area contributed by atoms with E-state index in [4.69, 9.17) is 10.7 Å². The maximum absolute atomic E-state index is 11.4. The van der Waals surface area contributed by atoms with Crippen LogP contribution in [0, 0.1) is 5.92 Å².